The topological polar surface area (TPSA) is 38.8 Å². The van der Waals surface area contributed by atoms with E-state index in [4.69, 9.17) is 4.74 Å². The smallest absolute Gasteiger partial charge is 0.320 e. The molecule has 0 amide bonds. The summed E-state index contributed by atoms with van der Waals surface area (Å²) in [5, 5.41) is 0. The monoisotopic (exact) mass is 279 g/mol. The molecular weight excluding hydrogens is 262 g/mol. The summed E-state index contributed by atoms with van der Waals surface area (Å²) < 4.78 is 9.72. The van der Waals surface area contributed by atoms with Crippen molar-refractivity contribution in [3.05, 3.63) is 0 Å². The standard InChI is InChI=1S/C10H18BrNO3/c1-14-6-5-12(8-3-4-8)7-9(11)10(13)15-2/h8-9H,3-7H2,1-2H3. The number of alkyl halides is 1. The molecule has 0 aromatic carbocycles. The van der Waals surface area contributed by atoms with E-state index in [9.17, 15) is 4.79 Å². The molecule has 1 atom stereocenters. The van der Waals surface area contributed by atoms with Gasteiger partial charge in [0.05, 0.1) is 13.7 Å². The molecule has 1 saturated carbocycles. The van der Waals surface area contributed by atoms with Crippen LogP contribution in [0.2, 0.25) is 0 Å². The first-order valence-electron chi connectivity index (χ1n) is 5.14. The summed E-state index contributed by atoms with van der Waals surface area (Å²) in [5.74, 6) is -0.210. The normalized spacial score (nSPS) is 17.9. The van der Waals surface area contributed by atoms with Gasteiger partial charge in [0.25, 0.3) is 0 Å². The van der Waals surface area contributed by atoms with Gasteiger partial charge in [0.1, 0.15) is 4.83 Å². The Hall–Kier alpha value is -0.130. The van der Waals surface area contributed by atoms with Crippen molar-refractivity contribution in [2.75, 3.05) is 33.9 Å². The first kappa shape index (κ1) is 12.9. The molecule has 1 rings (SSSR count). The van der Waals surface area contributed by atoms with E-state index in [1.807, 2.05) is 0 Å². The third-order valence-corrected chi connectivity index (χ3v) is 3.16. The fourth-order valence-corrected chi connectivity index (χ4v) is 2.04. The summed E-state index contributed by atoms with van der Waals surface area (Å²) in [6.07, 6.45) is 2.45. The van der Waals surface area contributed by atoms with E-state index in [1.165, 1.54) is 20.0 Å². The highest BCUT2D eigenvalue weighted by Gasteiger charge is 2.31. The van der Waals surface area contributed by atoms with Crippen LogP contribution in [0.4, 0.5) is 0 Å². The lowest BCUT2D eigenvalue weighted by Crippen LogP contribution is -2.37. The molecule has 1 unspecified atom stereocenters. The highest BCUT2D eigenvalue weighted by Crippen LogP contribution is 2.27. The van der Waals surface area contributed by atoms with Crippen LogP contribution in [0.5, 0.6) is 0 Å². The molecular formula is C10H18BrNO3. The van der Waals surface area contributed by atoms with Crippen LogP contribution < -0.4 is 0 Å². The molecule has 1 aliphatic rings. The largest absolute Gasteiger partial charge is 0.468 e. The van der Waals surface area contributed by atoms with Crippen molar-refractivity contribution < 1.29 is 14.3 Å². The summed E-state index contributed by atoms with van der Waals surface area (Å²) in [6, 6.07) is 0.629. The number of hydrogen-bond acceptors (Lipinski definition) is 4. The van der Waals surface area contributed by atoms with E-state index >= 15 is 0 Å². The molecule has 4 nitrogen and oxygen atoms in total. The fraction of sp³-hybridized carbons (Fsp3) is 0.900. The van der Waals surface area contributed by atoms with Gasteiger partial charge in [-0.15, -0.1) is 0 Å². The lowest BCUT2D eigenvalue weighted by molar-refractivity contribution is -0.140. The van der Waals surface area contributed by atoms with Crippen molar-refractivity contribution in [1.82, 2.24) is 4.90 Å². The quantitative estimate of drug-likeness (QED) is 0.516. The van der Waals surface area contributed by atoms with Crippen molar-refractivity contribution in [3.63, 3.8) is 0 Å². The maximum Gasteiger partial charge on any atom is 0.320 e. The number of rotatable bonds is 7. The molecule has 88 valence electrons. The van der Waals surface area contributed by atoms with Crippen LogP contribution in [0.3, 0.4) is 0 Å². The second-order valence-corrected chi connectivity index (χ2v) is 4.81. The molecule has 0 bridgehead atoms. The van der Waals surface area contributed by atoms with Crippen molar-refractivity contribution >= 4 is 21.9 Å². The highest BCUT2D eigenvalue weighted by atomic mass is 79.9. The molecule has 15 heavy (non-hydrogen) atoms. The van der Waals surface area contributed by atoms with E-state index in [-0.39, 0.29) is 10.8 Å². The summed E-state index contributed by atoms with van der Waals surface area (Å²) in [4.78, 5) is 13.3. The molecule has 1 fully saturated rings. The van der Waals surface area contributed by atoms with Gasteiger partial charge >= 0.3 is 5.97 Å². The van der Waals surface area contributed by atoms with Crippen molar-refractivity contribution in [2.24, 2.45) is 0 Å². The maximum absolute atomic E-state index is 11.2. The Morgan fingerprint density at radius 3 is 2.67 bits per heavy atom. The number of carbonyl (C=O) groups excluding carboxylic acids is 1. The number of esters is 1. The average Bonchev–Trinajstić information content (AvgIpc) is 3.06. The number of carbonyl (C=O) groups is 1. The number of nitrogens with zero attached hydrogens (tertiary/aromatic N) is 1. The van der Waals surface area contributed by atoms with Crippen LogP contribution in [0.25, 0.3) is 0 Å². The summed E-state index contributed by atoms with van der Waals surface area (Å²) in [5.41, 5.74) is 0. The molecule has 0 saturated heterocycles. The Labute approximate surface area is 99.0 Å². The molecule has 0 spiro atoms. The Balaban J connectivity index is 2.32. The molecule has 0 heterocycles. The van der Waals surface area contributed by atoms with Crippen molar-refractivity contribution in [2.45, 2.75) is 23.7 Å². The van der Waals surface area contributed by atoms with Gasteiger partial charge in [-0.05, 0) is 12.8 Å². The third kappa shape index (κ3) is 4.49. The van der Waals surface area contributed by atoms with Gasteiger partial charge in [-0.2, -0.15) is 0 Å². The lowest BCUT2D eigenvalue weighted by atomic mass is 10.3. The van der Waals surface area contributed by atoms with Gasteiger partial charge in [-0.1, -0.05) is 15.9 Å². The zero-order valence-electron chi connectivity index (χ0n) is 9.24. The van der Waals surface area contributed by atoms with Crippen LogP contribution in [0.15, 0.2) is 0 Å². The zero-order chi connectivity index (χ0) is 11.3. The predicted octanol–water partition coefficient (Wildman–Crippen LogP) is 1.03. The van der Waals surface area contributed by atoms with E-state index in [1.54, 1.807) is 7.11 Å². The number of methoxy groups -OCH3 is 2. The van der Waals surface area contributed by atoms with Crippen LogP contribution in [0, 0.1) is 0 Å². The van der Waals surface area contributed by atoms with Crippen LogP contribution >= 0.6 is 15.9 Å². The molecule has 0 aliphatic heterocycles. The van der Waals surface area contributed by atoms with E-state index < -0.39 is 0 Å². The van der Waals surface area contributed by atoms with E-state index in [0.717, 1.165) is 6.54 Å². The van der Waals surface area contributed by atoms with Gasteiger partial charge in [-0.25, -0.2) is 0 Å². The Morgan fingerprint density at radius 2 is 2.20 bits per heavy atom. The zero-order valence-corrected chi connectivity index (χ0v) is 10.8. The van der Waals surface area contributed by atoms with Crippen molar-refractivity contribution in [3.8, 4) is 0 Å². The summed E-state index contributed by atoms with van der Waals surface area (Å²) in [7, 11) is 3.10. The number of hydrogen-bond donors (Lipinski definition) is 0. The Bertz CT molecular complexity index is 209. The first-order valence-corrected chi connectivity index (χ1v) is 6.05. The van der Waals surface area contributed by atoms with E-state index in [2.05, 4.69) is 25.6 Å². The molecule has 0 N–H and O–H groups in total. The lowest BCUT2D eigenvalue weighted by Gasteiger charge is -2.23. The number of ether oxygens (including phenoxy) is 2. The highest BCUT2D eigenvalue weighted by molar-refractivity contribution is 9.10. The first-order chi connectivity index (χ1) is 7.19. The minimum absolute atomic E-state index is 0.210. The van der Waals surface area contributed by atoms with Gasteiger partial charge in [0.2, 0.25) is 0 Å². The van der Waals surface area contributed by atoms with Crippen LogP contribution in [0.1, 0.15) is 12.8 Å². The van der Waals surface area contributed by atoms with Crippen molar-refractivity contribution in [1.29, 1.82) is 0 Å². The van der Waals surface area contributed by atoms with Crippen LogP contribution in [-0.2, 0) is 14.3 Å². The van der Waals surface area contributed by atoms with Gasteiger partial charge in [0, 0.05) is 26.2 Å². The molecule has 0 aromatic heterocycles. The summed E-state index contributed by atoms with van der Waals surface area (Å²) >= 11 is 3.34. The summed E-state index contributed by atoms with van der Waals surface area (Å²) in [6.45, 7) is 2.28. The number of halogens is 1. The molecule has 5 heteroatoms. The minimum atomic E-state index is -0.236. The SMILES string of the molecule is COCCN(CC(Br)C(=O)OC)C1CC1. The van der Waals surface area contributed by atoms with Gasteiger partial charge in [-0.3, -0.25) is 9.69 Å². The second-order valence-electron chi connectivity index (χ2n) is 3.71. The minimum Gasteiger partial charge on any atom is -0.468 e. The third-order valence-electron chi connectivity index (χ3n) is 2.50. The van der Waals surface area contributed by atoms with E-state index in [0.29, 0.717) is 19.2 Å². The van der Waals surface area contributed by atoms with Crippen LogP contribution in [-0.4, -0.2) is 55.7 Å². The van der Waals surface area contributed by atoms with Gasteiger partial charge in [0.15, 0.2) is 0 Å². The molecule has 0 radical (unpaired) electrons. The average molecular weight is 280 g/mol. The predicted molar refractivity (Wildman–Crippen MR) is 61.2 cm³/mol. The second kappa shape index (κ2) is 6.45. The fourth-order valence-electron chi connectivity index (χ4n) is 1.48. The Kier molecular flexibility index (Phi) is 5.56. The Morgan fingerprint density at radius 1 is 1.53 bits per heavy atom. The molecule has 1 aliphatic carbocycles. The molecule has 0 aromatic rings. The maximum atomic E-state index is 11.2. The van der Waals surface area contributed by atoms with Gasteiger partial charge < -0.3 is 9.47 Å².